The van der Waals surface area contributed by atoms with Gasteiger partial charge < -0.3 is 10.1 Å². The predicted octanol–water partition coefficient (Wildman–Crippen LogP) is 4.52. The summed E-state index contributed by atoms with van der Waals surface area (Å²) in [6, 6.07) is 11.5. The molecule has 33 heavy (non-hydrogen) atoms. The molecule has 1 aliphatic carbocycles. The van der Waals surface area contributed by atoms with E-state index in [0.29, 0.717) is 17.0 Å². The third-order valence-electron chi connectivity index (χ3n) is 5.79. The Morgan fingerprint density at radius 2 is 1.79 bits per heavy atom. The number of ether oxygens (including phenoxy) is 1. The van der Waals surface area contributed by atoms with Crippen LogP contribution in [-0.4, -0.2) is 33.7 Å². The minimum absolute atomic E-state index is 0.0444. The molecule has 1 N–H and O–H groups in total. The highest BCUT2D eigenvalue weighted by Crippen LogP contribution is 2.31. The number of methoxy groups -OCH3 is 1. The van der Waals surface area contributed by atoms with Gasteiger partial charge in [-0.05, 0) is 54.8 Å². The summed E-state index contributed by atoms with van der Waals surface area (Å²) in [5.74, 6) is -0.592. The van der Waals surface area contributed by atoms with E-state index in [4.69, 9.17) is 4.74 Å². The van der Waals surface area contributed by atoms with Crippen molar-refractivity contribution in [3.05, 3.63) is 71.8 Å². The van der Waals surface area contributed by atoms with Gasteiger partial charge in [-0.3, -0.25) is 14.5 Å². The summed E-state index contributed by atoms with van der Waals surface area (Å²) in [6.07, 6.45) is 6.43. The lowest BCUT2D eigenvalue weighted by Crippen LogP contribution is -2.47. The van der Waals surface area contributed by atoms with Crippen molar-refractivity contribution in [3.63, 3.8) is 0 Å². The zero-order chi connectivity index (χ0) is 23.2. The van der Waals surface area contributed by atoms with E-state index in [2.05, 4.69) is 14.1 Å². The summed E-state index contributed by atoms with van der Waals surface area (Å²) in [5, 5.41) is 3.12. The van der Waals surface area contributed by atoms with Crippen LogP contribution in [0.5, 0.6) is 5.75 Å². The highest BCUT2D eigenvalue weighted by Gasteiger charge is 2.35. The molecule has 2 amide bonds. The van der Waals surface area contributed by atoms with Crippen LogP contribution in [0.25, 0.3) is 0 Å². The summed E-state index contributed by atoms with van der Waals surface area (Å²) in [6.45, 7) is 0. The topological polar surface area (TPSA) is 84.4 Å². The molecule has 0 spiro atoms. The molecule has 0 saturated heterocycles. The number of carbonyl (C=O) groups excluding carboxylic acids is 2. The van der Waals surface area contributed by atoms with Crippen LogP contribution in [0.1, 0.15) is 54.2 Å². The Bertz CT molecular complexity index is 1070. The molecule has 1 heterocycles. The maximum atomic E-state index is 13.7. The second kappa shape index (κ2) is 10.5. The predicted molar refractivity (Wildman–Crippen MR) is 124 cm³/mol. The van der Waals surface area contributed by atoms with Crippen LogP contribution in [0.3, 0.4) is 0 Å². The zero-order valence-electron chi connectivity index (χ0n) is 18.2. The van der Waals surface area contributed by atoms with Gasteiger partial charge in [0.2, 0.25) is 5.91 Å². The van der Waals surface area contributed by atoms with Crippen molar-refractivity contribution < 1.29 is 18.7 Å². The molecule has 3 aromatic rings. The van der Waals surface area contributed by atoms with Crippen molar-refractivity contribution in [2.45, 2.75) is 44.2 Å². The highest BCUT2D eigenvalue weighted by atomic mass is 32.1. The van der Waals surface area contributed by atoms with Gasteiger partial charge in [-0.1, -0.05) is 31.4 Å². The molecule has 1 aromatic heterocycles. The summed E-state index contributed by atoms with van der Waals surface area (Å²) in [7, 11) is 1.55. The molecule has 0 bridgehead atoms. The fraction of sp³-hybridized carbons (Fsp3) is 0.333. The first kappa shape index (κ1) is 22.8. The summed E-state index contributed by atoms with van der Waals surface area (Å²) in [5.41, 5.74) is 1.12. The van der Waals surface area contributed by atoms with E-state index in [1.165, 1.54) is 35.4 Å². The molecule has 2 aromatic carbocycles. The van der Waals surface area contributed by atoms with E-state index in [1.54, 1.807) is 31.4 Å². The van der Waals surface area contributed by atoms with Crippen LogP contribution in [0.2, 0.25) is 0 Å². The van der Waals surface area contributed by atoms with Crippen molar-refractivity contribution in [2.24, 2.45) is 0 Å². The lowest BCUT2D eigenvalue weighted by Gasteiger charge is -2.33. The van der Waals surface area contributed by atoms with Gasteiger partial charge in [0.05, 0.1) is 25.0 Å². The molecule has 172 valence electrons. The molecule has 0 aliphatic heterocycles. The van der Waals surface area contributed by atoms with E-state index in [0.717, 1.165) is 43.8 Å². The smallest absolute Gasteiger partial charge is 0.280 e. The first-order chi connectivity index (χ1) is 16.1. The van der Waals surface area contributed by atoms with Crippen molar-refractivity contribution in [3.8, 4) is 5.75 Å². The maximum Gasteiger partial charge on any atom is 0.280 e. The molecule has 1 saturated carbocycles. The van der Waals surface area contributed by atoms with E-state index in [9.17, 15) is 14.0 Å². The molecule has 7 nitrogen and oxygen atoms in total. The van der Waals surface area contributed by atoms with Crippen molar-refractivity contribution in [1.29, 1.82) is 0 Å². The zero-order valence-corrected chi connectivity index (χ0v) is 19.1. The summed E-state index contributed by atoms with van der Waals surface area (Å²) in [4.78, 5) is 28.6. The number of hydrogen-bond acceptors (Lipinski definition) is 6. The Morgan fingerprint density at radius 1 is 1.09 bits per heavy atom. The molecule has 4 rings (SSSR count). The molecule has 1 fully saturated rings. The first-order valence-electron chi connectivity index (χ1n) is 10.9. The lowest BCUT2D eigenvalue weighted by atomic mass is 9.94. The number of amides is 2. The van der Waals surface area contributed by atoms with Gasteiger partial charge in [0.15, 0.2) is 5.69 Å². The number of anilines is 1. The largest absolute Gasteiger partial charge is 0.497 e. The summed E-state index contributed by atoms with van der Waals surface area (Å²) < 4.78 is 27.0. The van der Waals surface area contributed by atoms with Crippen LogP contribution in [0.4, 0.5) is 10.1 Å². The Kier molecular flexibility index (Phi) is 7.29. The van der Waals surface area contributed by atoms with Crippen LogP contribution >= 0.6 is 11.7 Å². The number of rotatable bonds is 7. The van der Waals surface area contributed by atoms with Crippen molar-refractivity contribution in [1.82, 2.24) is 14.1 Å². The summed E-state index contributed by atoms with van der Waals surface area (Å²) >= 11 is 0.915. The van der Waals surface area contributed by atoms with Gasteiger partial charge in [0.1, 0.15) is 17.6 Å². The first-order valence-corrected chi connectivity index (χ1v) is 11.6. The SMILES string of the molecule is COc1ccc(N(C(=O)c2cnsn2)[C@H](C(=O)NC2CCCCC2)c2ccc(F)cc2)cc1. The lowest BCUT2D eigenvalue weighted by molar-refractivity contribution is -0.123. The van der Waals surface area contributed by atoms with E-state index >= 15 is 0 Å². The van der Waals surface area contributed by atoms with E-state index in [-0.39, 0.29) is 17.6 Å². The number of carbonyl (C=O) groups is 2. The van der Waals surface area contributed by atoms with Gasteiger partial charge in [0, 0.05) is 11.7 Å². The maximum absolute atomic E-state index is 13.7. The Labute approximate surface area is 195 Å². The van der Waals surface area contributed by atoms with E-state index < -0.39 is 17.8 Å². The van der Waals surface area contributed by atoms with E-state index in [1.807, 2.05) is 0 Å². The molecule has 1 atom stereocenters. The average Bonchev–Trinajstić information content (AvgIpc) is 3.39. The minimum Gasteiger partial charge on any atom is -0.497 e. The second-order valence-corrected chi connectivity index (χ2v) is 8.52. The fourth-order valence-electron chi connectivity index (χ4n) is 4.10. The Morgan fingerprint density at radius 3 is 2.39 bits per heavy atom. The Balaban J connectivity index is 1.77. The molecule has 1 aliphatic rings. The average molecular weight is 469 g/mol. The number of nitrogens with zero attached hydrogens (tertiary/aromatic N) is 3. The number of nitrogens with one attached hydrogen (secondary N) is 1. The second-order valence-electron chi connectivity index (χ2n) is 7.96. The minimum atomic E-state index is -1.02. The fourth-order valence-corrected chi connectivity index (χ4v) is 4.51. The number of benzene rings is 2. The highest BCUT2D eigenvalue weighted by molar-refractivity contribution is 6.99. The number of aromatic nitrogens is 2. The normalized spacial score (nSPS) is 15.0. The van der Waals surface area contributed by atoms with Gasteiger partial charge in [0.25, 0.3) is 5.91 Å². The quantitative estimate of drug-likeness (QED) is 0.551. The van der Waals surface area contributed by atoms with Gasteiger partial charge in [-0.2, -0.15) is 8.75 Å². The van der Waals surface area contributed by atoms with Crippen LogP contribution in [0, 0.1) is 5.82 Å². The van der Waals surface area contributed by atoms with Crippen molar-refractivity contribution in [2.75, 3.05) is 12.0 Å². The molecule has 0 radical (unpaired) electrons. The van der Waals surface area contributed by atoms with Crippen molar-refractivity contribution >= 4 is 29.2 Å². The number of halogens is 1. The molecular weight excluding hydrogens is 443 g/mol. The van der Waals surface area contributed by atoms with Gasteiger partial charge in [-0.25, -0.2) is 4.39 Å². The third kappa shape index (κ3) is 5.36. The standard InChI is InChI=1S/C24H25FN4O3S/c1-32-20-13-11-19(12-14-20)29(24(31)21-15-26-33-28-21)22(16-7-9-17(25)10-8-16)23(30)27-18-5-3-2-4-6-18/h7-15,18,22H,2-6H2,1H3,(H,27,30)/t22-/m0/s1. The molecular formula is C24H25FN4O3S. The monoisotopic (exact) mass is 468 g/mol. The van der Waals surface area contributed by atoms with Crippen LogP contribution < -0.4 is 15.0 Å². The van der Waals surface area contributed by atoms with Crippen LogP contribution in [0.15, 0.2) is 54.7 Å². The molecule has 0 unspecified atom stereocenters. The number of hydrogen-bond donors (Lipinski definition) is 1. The molecule has 9 heteroatoms. The van der Waals surface area contributed by atoms with Crippen LogP contribution in [-0.2, 0) is 4.79 Å². The third-order valence-corrected chi connectivity index (χ3v) is 6.27. The van der Waals surface area contributed by atoms with Gasteiger partial charge in [-0.15, -0.1) is 0 Å². The van der Waals surface area contributed by atoms with Gasteiger partial charge >= 0.3 is 0 Å². The Hall–Kier alpha value is -3.33.